The van der Waals surface area contributed by atoms with Crippen LogP contribution in [0.1, 0.15) is 0 Å². The number of hydrogen-bond donors (Lipinski definition) is 2. The summed E-state index contributed by atoms with van der Waals surface area (Å²) in [6.45, 7) is 5.06. The van der Waals surface area contributed by atoms with Gasteiger partial charge >= 0.3 is 0 Å². The van der Waals surface area contributed by atoms with Crippen molar-refractivity contribution in [1.82, 2.24) is 14.9 Å². The van der Waals surface area contributed by atoms with Gasteiger partial charge in [-0.25, -0.2) is 13.1 Å². The van der Waals surface area contributed by atoms with Gasteiger partial charge in [0.05, 0.1) is 4.90 Å². The molecule has 0 atom stereocenters. The molecule has 134 valence electrons. The molecule has 2 aromatic carbocycles. The predicted octanol–water partition coefficient (Wildman–Crippen LogP) is 1.87. The zero-order valence-corrected chi connectivity index (χ0v) is 15.7. The fourth-order valence-electron chi connectivity index (χ4n) is 2.69. The quantitative estimate of drug-likeness (QED) is 0.816. The van der Waals surface area contributed by atoms with Crippen LogP contribution in [0.2, 0.25) is 0 Å². The fourth-order valence-corrected chi connectivity index (χ4v) is 3.75. The van der Waals surface area contributed by atoms with Gasteiger partial charge in [-0.2, -0.15) is 0 Å². The largest absolute Gasteiger partial charge is 0.314 e. The monoisotopic (exact) mass is 391 g/mol. The van der Waals surface area contributed by atoms with Crippen LogP contribution in [-0.2, 0) is 10.0 Å². The summed E-state index contributed by atoms with van der Waals surface area (Å²) in [5, 5.41) is 5.27. The van der Waals surface area contributed by atoms with Crippen LogP contribution >= 0.6 is 24.8 Å². The van der Waals surface area contributed by atoms with Crippen molar-refractivity contribution in [2.45, 2.75) is 4.90 Å². The Balaban J connectivity index is 0.00000144. The molecule has 0 radical (unpaired) electrons. The molecule has 0 saturated carbocycles. The molecular formula is C16H23Cl2N3O2S. The van der Waals surface area contributed by atoms with Gasteiger partial charge < -0.3 is 5.32 Å². The first-order valence-corrected chi connectivity index (χ1v) is 9.05. The predicted molar refractivity (Wildman–Crippen MR) is 103 cm³/mol. The van der Waals surface area contributed by atoms with Gasteiger partial charge in [-0.1, -0.05) is 30.3 Å². The number of halogens is 2. The molecule has 3 rings (SSSR count). The van der Waals surface area contributed by atoms with E-state index in [9.17, 15) is 8.42 Å². The summed E-state index contributed by atoms with van der Waals surface area (Å²) >= 11 is 0. The molecule has 8 heteroatoms. The van der Waals surface area contributed by atoms with E-state index >= 15 is 0 Å². The SMILES string of the molecule is Cl.Cl.O=S(=O)(NCCN1CCNCC1)c1ccc2ccccc2c1. The van der Waals surface area contributed by atoms with Gasteiger partial charge in [-0.3, -0.25) is 4.90 Å². The summed E-state index contributed by atoms with van der Waals surface area (Å²) in [6.07, 6.45) is 0. The standard InChI is InChI=1S/C16H21N3O2S.2ClH/c20-22(21,18-9-12-19-10-7-17-8-11-19)16-6-5-14-3-1-2-4-15(14)13-16;;/h1-6,13,17-18H,7-12H2;2*1H. The van der Waals surface area contributed by atoms with Crippen molar-refractivity contribution in [3.8, 4) is 0 Å². The minimum absolute atomic E-state index is 0. The lowest BCUT2D eigenvalue weighted by Crippen LogP contribution is -2.46. The lowest BCUT2D eigenvalue weighted by atomic mass is 10.1. The Morgan fingerprint density at radius 1 is 1.00 bits per heavy atom. The highest BCUT2D eigenvalue weighted by molar-refractivity contribution is 7.89. The van der Waals surface area contributed by atoms with Crippen molar-refractivity contribution in [3.63, 3.8) is 0 Å². The van der Waals surface area contributed by atoms with Gasteiger partial charge in [0.25, 0.3) is 0 Å². The van der Waals surface area contributed by atoms with E-state index in [0.29, 0.717) is 11.4 Å². The third-order valence-corrected chi connectivity index (χ3v) is 5.42. The minimum atomic E-state index is -3.44. The van der Waals surface area contributed by atoms with Gasteiger partial charge in [0, 0.05) is 39.3 Å². The zero-order valence-electron chi connectivity index (χ0n) is 13.3. The molecule has 1 aliphatic rings. The smallest absolute Gasteiger partial charge is 0.240 e. The van der Waals surface area contributed by atoms with Gasteiger partial charge in [-0.15, -0.1) is 24.8 Å². The van der Waals surface area contributed by atoms with E-state index in [1.165, 1.54) is 0 Å². The summed E-state index contributed by atoms with van der Waals surface area (Å²) in [5.41, 5.74) is 0. The summed E-state index contributed by atoms with van der Waals surface area (Å²) in [7, 11) is -3.44. The Kier molecular flexibility index (Phi) is 8.42. The van der Waals surface area contributed by atoms with Crippen LogP contribution in [-0.4, -0.2) is 52.6 Å². The van der Waals surface area contributed by atoms with Gasteiger partial charge in [0.1, 0.15) is 0 Å². The molecule has 0 bridgehead atoms. The molecule has 0 aromatic heterocycles. The molecule has 2 N–H and O–H groups in total. The number of fused-ring (bicyclic) bond motifs is 1. The van der Waals surface area contributed by atoms with Crippen LogP contribution in [0.5, 0.6) is 0 Å². The second kappa shape index (κ2) is 9.56. The summed E-state index contributed by atoms with van der Waals surface area (Å²) in [6, 6.07) is 13.0. The fraction of sp³-hybridized carbons (Fsp3) is 0.375. The normalized spacial score (nSPS) is 15.5. The number of rotatable bonds is 5. The number of sulfonamides is 1. The van der Waals surface area contributed by atoms with Gasteiger partial charge in [0.15, 0.2) is 0 Å². The molecule has 0 amide bonds. The molecule has 1 aliphatic heterocycles. The molecule has 1 saturated heterocycles. The highest BCUT2D eigenvalue weighted by Crippen LogP contribution is 2.18. The Bertz CT molecular complexity index is 750. The summed E-state index contributed by atoms with van der Waals surface area (Å²) in [4.78, 5) is 2.59. The highest BCUT2D eigenvalue weighted by Gasteiger charge is 2.15. The number of benzene rings is 2. The minimum Gasteiger partial charge on any atom is -0.314 e. The summed E-state index contributed by atoms with van der Waals surface area (Å²) in [5.74, 6) is 0. The van der Waals surface area contributed by atoms with Crippen LogP contribution in [0, 0.1) is 0 Å². The average Bonchev–Trinajstić information content (AvgIpc) is 2.55. The van der Waals surface area contributed by atoms with E-state index in [0.717, 1.165) is 43.5 Å². The third-order valence-electron chi connectivity index (χ3n) is 3.96. The molecule has 2 aromatic rings. The molecule has 0 spiro atoms. The van der Waals surface area contributed by atoms with E-state index in [-0.39, 0.29) is 24.8 Å². The third kappa shape index (κ3) is 5.31. The highest BCUT2D eigenvalue weighted by atomic mass is 35.5. The molecule has 5 nitrogen and oxygen atoms in total. The van der Waals surface area contributed by atoms with Crippen LogP contribution < -0.4 is 10.0 Å². The Labute approximate surface area is 155 Å². The molecule has 1 fully saturated rings. The van der Waals surface area contributed by atoms with Crippen molar-refractivity contribution in [1.29, 1.82) is 0 Å². The lowest BCUT2D eigenvalue weighted by molar-refractivity contribution is 0.245. The summed E-state index contributed by atoms with van der Waals surface area (Å²) < 4.78 is 27.4. The van der Waals surface area contributed by atoms with Gasteiger partial charge in [0.2, 0.25) is 10.0 Å². The number of piperazine rings is 1. The molecule has 1 heterocycles. The van der Waals surface area contributed by atoms with Crippen molar-refractivity contribution in [2.75, 3.05) is 39.3 Å². The van der Waals surface area contributed by atoms with Crippen molar-refractivity contribution in [2.24, 2.45) is 0 Å². The number of nitrogens with zero attached hydrogens (tertiary/aromatic N) is 1. The first kappa shape index (κ1) is 21.2. The maximum Gasteiger partial charge on any atom is 0.240 e. The first-order valence-electron chi connectivity index (χ1n) is 7.57. The number of nitrogens with one attached hydrogen (secondary N) is 2. The second-order valence-corrected chi connectivity index (χ2v) is 7.27. The average molecular weight is 392 g/mol. The van der Waals surface area contributed by atoms with Crippen LogP contribution in [0.15, 0.2) is 47.4 Å². The maximum absolute atomic E-state index is 12.4. The molecule has 24 heavy (non-hydrogen) atoms. The van der Waals surface area contributed by atoms with Crippen LogP contribution in [0.3, 0.4) is 0 Å². The van der Waals surface area contributed by atoms with Gasteiger partial charge in [-0.05, 0) is 22.9 Å². The van der Waals surface area contributed by atoms with Crippen molar-refractivity contribution in [3.05, 3.63) is 42.5 Å². The number of hydrogen-bond acceptors (Lipinski definition) is 4. The zero-order chi connectivity index (χ0) is 15.4. The molecule has 0 unspecified atom stereocenters. The van der Waals surface area contributed by atoms with Crippen molar-refractivity contribution >= 4 is 45.6 Å². The molecular weight excluding hydrogens is 369 g/mol. The Hall–Kier alpha value is -0.890. The maximum atomic E-state index is 12.4. The Morgan fingerprint density at radius 3 is 2.38 bits per heavy atom. The first-order chi connectivity index (χ1) is 10.6. The topological polar surface area (TPSA) is 61.4 Å². The lowest BCUT2D eigenvalue weighted by Gasteiger charge is -2.27. The van der Waals surface area contributed by atoms with E-state index in [1.807, 2.05) is 30.3 Å². The van der Waals surface area contributed by atoms with E-state index in [1.54, 1.807) is 12.1 Å². The van der Waals surface area contributed by atoms with E-state index in [2.05, 4.69) is 14.9 Å². The van der Waals surface area contributed by atoms with Crippen molar-refractivity contribution < 1.29 is 8.42 Å². The van der Waals surface area contributed by atoms with Crippen LogP contribution in [0.25, 0.3) is 10.8 Å². The molecule has 0 aliphatic carbocycles. The second-order valence-electron chi connectivity index (χ2n) is 5.50. The Morgan fingerprint density at radius 2 is 1.67 bits per heavy atom. The van der Waals surface area contributed by atoms with E-state index < -0.39 is 10.0 Å². The van der Waals surface area contributed by atoms with Crippen LogP contribution in [0.4, 0.5) is 0 Å². The van der Waals surface area contributed by atoms with E-state index in [4.69, 9.17) is 0 Å².